The summed E-state index contributed by atoms with van der Waals surface area (Å²) in [4.78, 5) is 0. The number of rotatable bonds is 1. The van der Waals surface area contributed by atoms with Gasteiger partial charge in [0, 0.05) is 25.5 Å². The van der Waals surface area contributed by atoms with Gasteiger partial charge < -0.3 is 0 Å². The van der Waals surface area contributed by atoms with Crippen molar-refractivity contribution in [2.45, 2.75) is 13.8 Å². The monoisotopic (exact) mass is 138 g/mol. The van der Waals surface area contributed by atoms with Crippen LogP contribution in [0.1, 0.15) is 13.8 Å². The maximum atomic E-state index is 2.21. The third-order valence-corrected chi connectivity index (χ3v) is 1.73. The van der Waals surface area contributed by atoms with Gasteiger partial charge in [0.1, 0.15) is 0 Å². The Morgan fingerprint density at radius 1 is 1.50 bits per heavy atom. The van der Waals surface area contributed by atoms with E-state index in [9.17, 15) is 0 Å². The van der Waals surface area contributed by atoms with E-state index >= 15 is 0 Å². The summed E-state index contributed by atoms with van der Waals surface area (Å²) in [7, 11) is 2.05. The van der Waals surface area contributed by atoms with Crippen molar-refractivity contribution >= 4 is 0 Å². The molecule has 0 atom stereocenters. The molecule has 2 nitrogen and oxygen atoms in total. The third-order valence-electron chi connectivity index (χ3n) is 1.73. The Bertz CT molecular complexity index is 170. The van der Waals surface area contributed by atoms with Crippen LogP contribution in [0.2, 0.25) is 0 Å². The molecule has 10 heavy (non-hydrogen) atoms. The molecule has 0 aromatic carbocycles. The summed E-state index contributed by atoms with van der Waals surface area (Å²) in [6.07, 6.45) is 6.22. The van der Waals surface area contributed by atoms with E-state index in [2.05, 4.69) is 49.3 Å². The second kappa shape index (κ2) is 2.78. The summed E-state index contributed by atoms with van der Waals surface area (Å²) in [5, 5.41) is 4.30. The molecular formula is C8H14N2. The minimum absolute atomic E-state index is 1.03. The van der Waals surface area contributed by atoms with Crippen molar-refractivity contribution in [1.29, 1.82) is 0 Å². The predicted molar refractivity (Wildman–Crippen MR) is 43.0 cm³/mol. The van der Waals surface area contributed by atoms with Gasteiger partial charge in [-0.2, -0.15) is 0 Å². The van der Waals surface area contributed by atoms with Crippen molar-refractivity contribution < 1.29 is 0 Å². The highest BCUT2D eigenvalue weighted by molar-refractivity contribution is 5.12. The van der Waals surface area contributed by atoms with E-state index in [4.69, 9.17) is 0 Å². The Balaban J connectivity index is 2.71. The topological polar surface area (TPSA) is 6.48 Å². The Morgan fingerprint density at radius 3 is 2.60 bits per heavy atom. The van der Waals surface area contributed by atoms with Crippen LogP contribution < -0.4 is 0 Å². The average molecular weight is 138 g/mol. The molecule has 0 unspecified atom stereocenters. The quantitative estimate of drug-likeness (QED) is 0.543. The van der Waals surface area contributed by atoms with Gasteiger partial charge in [0.2, 0.25) is 0 Å². The van der Waals surface area contributed by atoms with Gasteiger partial charge >= 0.3 is 0 Å². The molecule has 0 aromatic heterocycles. The molecule has 0 fully saturated rings. The van der Waals surface area contributed by atoms with Crippen LogP contribution in [0, 0.1) is 0 Å². The summed E-state index contributed by atoms with van der Waals surface area (Å²) in [6.45, 7) is 5.29. The van der Waals surface area contributed by atoms with E-state index < -0.39 is 0 Å². The smallest absolute Gasteiger partial charge is 0.0363 e. The van der Waals surface area contributed by atoms with Crippen LogP contribution in [0.3, 0.4) is 0 Å². The SMILES string of the molecule is CCN1C(C)=CC=CN1C. The lowest BCUT2D eigenvalue weighted by Crippen LogP contribution is -2.35. The summed E-state index contributed by atoms with van der Waals surface area (Å²) in [5.74, 6) is 0. The highest BCUT2D eigenvalue weighted by Gasteiger charge is 2.07. The molecule has 1 aliphatic heterocycles. The van der Waals surface area contributed by atoms with Crippen molar-refractivity contribution in [1.82, 2.24) is 10.0 Å². The van der Waals surface area contributed by atoms with E-state index in [0.29, 0.717) is 0 Å². The van der Waals surface area contributed by atoms with Crippen molar-refractivity contribution in [3.63, 3.8) is 0 Å². The Hall–Kier alpha value is -0.920. The molecule has 0 aromatic rings. The zero-order chi connectivity index (χ0) is 7.56. The molecule has 1 heterocycles. The van der Waals surface area contributed by atoms with Crippen LogP contribution >= 0.6 is 0 Å². The normalized spacial score (nSPS) is 17.7. The fourth-order valence-corrected chi connectivity index (χ4v) is 1.19. The van der Waals surface area contributed by atoms with Crippen molar-refractivity contribution in [3.05, 3.63) is 24.0 Å². The lowest BCUT2D eigenvalue weighted by molar-refractivity contribution is 0.0937. The van der Waals surface area contributed by atoms with Gasteiger partial charge in [-0.05, 0) is 26.0 Å². The largest absolute Gasteiger partial charge is 0.296 e. The highest BCUT2D eigenvalue weighted by Crippen LogP contribution is 2.10. The van der Waals surface area contributed by atoms with Crippen LogP contribution in [0.4, 0.5) is 0 Å². The van der Waals surface area contributed by atoms with Crippen LogP contribution in [-0.2, 0) is 0 Å². The Morgan fingerprint density at radius 2 is 2.20 bits per heavy atom. The van der Waals surface area contributed by atoms with E-state index in [-0.39, 0.29) is 0 Å². The first-order valence-corrected chi connectivity index (χ1v) is 3.61. The molecule has 0 bridgehead atoms. The summed E-state index contributed by atoms with van der Waals surface area (Å²) in [5.41, 5.74) is 1.30. The number of hydrogen-bond acceptors (Lipinski definition) is 2. The lowest BCUT2D eigenvalue weighted by Gasteiger charge is -2.34. The van der Waals surface area contributed by atoms with Gasteiger partial charge in [-0.15, -0.1) is 0 Å². The minimum Gasteiger partial charge on any atom is -0.296 e. The molecule has 0 spiro atoms. The molecule has 0 amide bonds. The Kier molecular flexibility index (Phi) is 2.00. The second-order valence-electron chi connectivity index (χ2n) is 2.44. The summed E-state index contributed by atoms with van der Waals surface area (Å²) < 4.78 is 0. The summed E-state index contributed by atoms with van der Waals surface area (Å²) in [6, 6.07) is 0. The number of nitrogens with zero attached hydrogens (tertiary/aromatic N) is 2. The fourth-order valence-electron chi connectivity index (χ4n) is 1.19. The van der Waals surface area contributed by atoms with Crippen molar-refractivity contribution in [2.75, 3.05) is 13.6 Å². The first-order chi connectivity index (χ1) is 4.75. The molecular weight excluding hydrogens is 124 g/mol. The van der Waals surface area contributed by atoms with Crippen LogP contribution in [-0.4, -0.2) is 23.6 Å². The average Bonchev–Trinajstić information content (AvgIpc) is 1.88. The van der Waals surface area contributed by atoms with Crippen LogP contribution in [0.15, 0.2) is 24.0 Å². The van der Waals surface area contributed by atoms with Gasteiger partial charge in [-0.25, -0.2) is 0 Å². The second-order valence-corrected chi connectivity index (χ2v) is 2.44. The maximum Gasteiger partial charge on any atom is 0.0363 e. The van der Waals surface area contributed by atoms with E-state index in [1.54, 1.807) is 0 Å². The standard InChI is InChI=1S/C8H14N2/c1-4-10-8(2)6-5-7-9(10)3/h5-7H,4H2,1-3H3. The first-order valence-electron chi connectivity index (χ1n) is 3.61. The van der Waals surface area contributed by atoms with Gasteiger partial charge in [0.05, 0.1) is 0 Å². The van der Waals surface area contributed by atoms with E-state index in [1.807, 2.05) is 0 Å². The number of allylic oxidation sites excluding steroid dienone is 3. The van der Waals surface area contributed by atoms with Crippen molar-refractivity contribution in [3.8, 4) is 0 Å². The molecule has 0 N–H and O–H groups in total. The lowest BCUT2D eigenvalue weighted by atomic mass is 10.3. The van der Waals surface area contributed by atoms with Crippen molar-refractivity contribution in [2.24, 2.45) is 0 Å². The third kappa shape index (κ3) is 1.15. The van der Waals surface area contributed by atoms with E-state index in [0.717, 1.165) is 6.54 Å². The predicted octanol–water partition coefficient (Wildman–Crippen LogP) is 1.59. The zero-order valence-electron chi connectivity index (χ0n) is 6.83. The molecule has 0 saturated heterocycles. The molecule has 0 aliphatic carbocycles. The van der Waals surface area contributed by atoms with Gasteiger partial charge in [0.15, 0.2) is 0 Å². The number of hydrogen-bond donors (Lipinski definition) is 0. The molecule has 1 rings (SSSR count). The van der Waals surface area contributed by atoms with Gasteiger partial charge in [0.25, 0.3) is 0 Å². The number of hydrazine groups is 1. The van der Waals surface area contributed by atoms with Crippen LogP contribution in [0.25, 0.3) is 0 Å². The van der Waals surface area contributed by atoms with Gasteiger partial charge in [-0.3, -0.25) is 10.0 Å². The van der Waals surface area contributed by atoms with Gasteiger partial charge in [-0.1, -0.05) is 0 Å². The molecule has 0 saturated carbocycles. The molecule has 56 valence electrons. The van der Waals surface area contributed by atoms with Crippen LogP contribution in [0.5, 0.6) is 0 Å². The van der Waals surface area contributed by atoms with E-state index in [1.165, 1.54) is 5.70 Å². The molecule has 0 radical (unpaired) electrons. The molecule has 1 aliphatic rings. The minimum atomic E-state index is 1.03. The zero-order valence-corrected chi connectivity index (χ0v) is 6.83. The summed E-state index contributed by atoms with van der Waals surface area (Å²) >= 11 is 0. The fraction of sp³-hybridized carbons (Fsp3) is 0.500. The Labute approximate surface area is 62.4 Å². The molecule has 2 heteroatoms. The maximum absolute atomic E-state index is 2.21. The highest BCUT2D eigenvalue weighted by atomic mass is 15.6. The first kappa shape index (κ1) is 7.19.